The normalized spacial score (nSPS) is 16.8. The fourth-order valence-electron chi connectivity index (χ4n) is 0.674. The number of hydrogen-bond donors (Lipinski definition) is 0. The van der Waals surface area contributed by atoms with Gasteiger partial charge in [0.2, 0.25) is 0 Å². The van der Waals surface area contributed by atoms with Gasteiger partial charge in [-0.2, -0.15) is 0 Å². The number of rotatable bonds is 0. The van der Waals surface area contributed by atoms with Gasteiger partial charge in [-0.15, -0.1) is 0 Å². The summed E-state index contributed by atoms with van der Waals surface area (Å²) in [6, 6.07) is 0. The van der Waals surface area contributed by atoms with E-state index in [0.29, 0.717) is 0 Å². The van der Waals surface area contributed by atoms with Crippen LogP contribution < -0.4 is 0 Å². The third-order valence-corrected chi connectivity index (χ3v) is 1.02. The van der Waals surface area contributed by atoms with Crippen molar-refractivity contribution in [3.63, 3.8) is 0 Å². The van der Waals surface area contributed by atoms with E-state index in [4.69, 9.17) is 0 Å². The van der Waals surface area contributed by atoms with Gasteiger partial charge in [0, 0.05) is 43.6 Å². The van der Waals surface area contributed by atoms with E-state index in [-0.39, 0.29) is 17.1 Å². The summed E-state index contributed by atoms with van der Waals surface area (Å²) in [5.41, 5.74) is 0. The SMILES string of the molecule is CN1C=CN(C)C1.[Fe]. The van der Waals surface area contributed by atoms with E-state index in [1.165, 1.54) is 0 Å². The molecule has 1 aliphatic rings. The maximum absolute atomic E-state index is 2.12. The Morgan fingerprint density at radius 1 is 1.12 bits per heavy atom. The molecule has 0 fully saturated rings. The Kier molecular flexibility index (Phi) is 2.95. The maximum Gasteiger partial charge on any atom is 0.0887 e. The van der Waals surface area contributed by atoms with Crippen LogP contribution in [0.15, 0.2) is 12.4 Å². The van der Waals surface area contributed by atoms with E-state index in [1.807, 2.05) is 0 Å². The molecule has 2 nitrogen and oxygen atoms in total. The first-order valence-corrected chi connectivity index (χ1v) is 2.38. The summed E-state index contributed by atoms with van der Waals surface area (Å²) in [7, 11) is 4.11. The molecule has 0 spiro atoms. The molecule has 0 atom stereocenters. The Balaban J connectivity index is 0.000000490. The Labute approximate surface area is 60.6 Å². The molecular formula is C5H10FeN2. The summed E-state index contributed by atoms with van der Waals surface area (Å²) in [6.07, 6.45) is 4.11. The molecule has 0 unspecified atom stereocenters. The summed E-state index contributed by atoms with van der Waals surface area (Å²) < 4.78 is 0. The minimum absolute atomic E-state index is 0. The van der Waals surface area contributed by atoms with Crippen LogP contribution in [0.2, 0.25) is 0 Å². The second kappa shape index (κ2) is 3.00. The molecule has 0 aromatic carbocycles. The van der Waals surface area contributed by atoms with Crippen molar-refractivity contribution < 1.29 is 17.1 Å². The van der Waals surface area contributed by atoms with Gasteiger partial charge in [0.25, 0.3) is 0 Å². The molecule has 0 aromatic rings. The second-order valence-electron chi connectivity index (χ2n) is 1.95. The summed E-state index contributed by atoms with van der Waals surface area (Å²) >= 11 is 0. The van der Waals surface area contributed by atoms with Crippen molar-refractivity contribution in [2.75, 3.05) is 20.8 Å². The first-order chi connectivity index (χ1) is 3.29. The molecule has 0 radical (unpaired) electrons. The fraction of sp³-hybridized carbons (Fsp3) is 0.600. The van der Waals surface area contributed by atoms with E-state index < -0.39 is 0 Å². The van der Waals surface area contributed by atoms with Crippen LogP contribution in [-0.4, -0.2) is 30.6 Å². The van der Waals surface area contributed by atoms with Crippen molar-refractivity contribution in [1.82, 2.24) is 9.80 Å². The molecule has 0 saturated heterocycles. The Hall–Kier alpha value is -0.141. The number of hydrogen-bond acceptors (Lipinski definition) is 2. The molecule has 0 amide bonds. The van der Waals surface area contributed by atoms with E-state index in [1.54, 1.807) is 0 Å². The molecule has 0 aliphatic carbocycles. The van der Waals surface area contributed by atoms with Crippen molar-refractivity contribution in [3.8, 4) is 0 Å². The van der Waals surface area contributed by atoms with Crippen LogP contribution in [0.25, 0.3) is 0 Å². The van der Waals surface area contributed by atoms with Crippen LogP contribution in [0.5, 0.6) is 0 Å². The van der Waals surface area contributed by atoms with E-state index >= 15 is 0 Å². The topological polar surface area (TPSA) is 6.48 Å². The zero-order valence-corrected chi connectivity index (χ0v) is 6.21. The first kappa shape index (κ1) is 7.86. The van der Waals surface area contributed by atoms with Gasteiger partial charge in [-0.1, -0.05) is 0 Å². The molecule has 3 heteroatoms. The fourth-order valence-corrected chi connectivity index (χ4v) is 0.674. The zero-order chi connectivity index (χ0) is 5.28. The van der Waals surface area contributed by atoms with Crippen molar-refractivity contribution in [2.24, 2.45) is 0 Å². The van der Waals surface area contributed by atoms with Gasteiger partial charge in [-0.3, -0.25) is 0 Å². The predicted molar refractivity (Wildman–Crippen MR) is 29.5 cm³/mol. The molecule has 0 aromatic heterocycles. The van der Waals surface area contributed by atoms with E-state index in [2.05, 4.69) is 36.3 Å². The molecular weight excluding hydrogens is 144 g/mol. The smallest absolute Gasteiger partial charge is 0.0887 e. The zero-order valence-electron chi connectivity index (χ0n) is 5.11. The van der Waals surface area contributed by atoms with Crippen LogP contribution in [0.1, 0.15) is 0 Å². The van der Waals surface area contributed by atoms with Gasteiger partial charge in [-0.05, 0) is 0 Å². The maximum atomic E-state index is 2.12. The molecule has 1 heterocycles. The first-order valence-electron chi connectivity index (χ1n) is 2.38. The molecule has 48 valence electrons. The van der Waals surface area contributed by atoms with Gasteiger partial charge < -0.3 is 9.80 Å². The molecule has 0 saturated carbocycles. The molecule has 8 heavy (non-hydrogen) atoms. The third-order valence-electron chi connectivity index (χ3n) is 1.02. The van der Waals surface area contributed by atoms with Gasteiger partial charge in [0.15, 0.2) is 0 Å². The summed E-state index contributed by atoms with van der Waals surface area (Å²) in [6.45, 7) is 1.03. The standard InChI is InChI=1S/C5H10N2.Fe/c1-6-3-4-7(2)5-6;/h3-4H,5H2,1-2H3;. The third kappa shape index (κ3) is 1.76. The average molecular weight is 154 g/mol. The van der Waals surface area contributed by atoms with Crippen LogP contribution in [0.4, 0.5) is 0 Å². The Morgan fingerprint density at radius 2 is 1.50 bits per heavy atom. The minimum Gasteiger partial charge on any atom is -0.362 e. The molecule has 1 rings (SSSR count). The van der Waals surface area contributed by atoms with Crippen molar-refractivity contribution in [1.29, 1.82) is 0 Å². The Morgan fingerprint density at radius 3 is 1.62 bits per heavy atom. The Bertz CT molecular complexity index is 82.4. The van der Waals surface area contributed by atoms with Gasteiger partial charge >= 0.3 is 0 Å². The van der Waals surface area contributed by atoms with Gasteiger partial charge in [0.05, 0.1) is 6.67 Å². The summed E-state index contributed by atoms with van der Waals surface area (Å²) in [5, 5.41) is 0. The predicted octanol–water partition coefficient (Wildman–Crippen LogP) is 0.290. The summed E-state index contributed by atoms with van der Waals surface area (Å²) in [5.74, 6) is 0. The van der Waals surface area contributed by atoms with E-state index in [0.717, 1.165) is 6.67 Å². The summed E-state index contributed by atoms with van der Waals surface area (Å²) in [4.78, 5) is 4.25. The largest absolute Gasteiger partial charge is 0.362 e. The van der Waals surface area contributed by atoms with Crippen LogP contribution in [-0.2, 0) is 17.1 Å². The van der Waals surface area contributed by atoms with Crippen molar-refractivity contribution >= 4 is 0 Å². The molecule has 0 N–H and O–H groups in total. The van der Waals surface area contributed by atoms with Crippen LogP contribution >= 0.6 is 0 Å². The van der Waals surface area contributed by atoms with Crippen molar-refractivity contribution in [3.05, 3.63) is 12.4 Å². The second-order valence-corrected chi connectivity index (χ2v) is 1.95. The van der Waals surface area contributed by atoms with Gasteiger partial charge in [-0.25, -0.2) is 0 Å². The van der Waals surface area contributed by atoms with E-state index in [9.17, 15) is 0 Å². The average Bonchev–Trinajstić information content (AvgIpc) is 1.87. The molecule has 0 bridgehead atoms. The van der Waals surface area contributed by atoms with Crippen molar-refractivity contribution in [2.45, 2.75) is 0 Å². The quantitative estimate of drug-likeness (QED) is 0.462. The van der Waals surface area contributed by atoms with Crippen LogP contribution in [0.3, 0.4) is 0 Å². The number of nitrogens with zero attached hydrogens (tertiary/aromatic N) is 2. The minimum atomic E-state index is 0. The van der Waals surface area contributed by atoms with Gasteiger partial charge in [0.1, 0.15) is 0 Å². The van der Waals surface area contributed by atoms with Crippen LogP contribution in [0, 0.1) is 0 Å². The monoisotopic (exact) mass is 154 g/mol. The molecule has 1 aliphatic heterocycles.